The predicted octanol–water partition coefficient (Wildman–Crippen LogP) is 5.52. The number of rotatable bonds is 4. The highest BCUT2D eigenvalue weighted by molar-refractivity contribution is 5.83. The van der Waals surface area contributed by atoms with E-state index in [2.05, 4.69) is 4.98 Å². The van der Waals surface area contributed by atoms with Gasteiger partial charge in [0.2, 0.25) is 0 Å². The SMILES string of the molecule is Cc1ccc(-n2nc(-c3ccc4ncccc4c3)nc2Cc2ccccc2F)cc1. The zero-order chi connectivity index (χ0) is 20.5. The molecule has 0 unspecified atom stereocenters. The molecule has 3 aromatic carbocycles. The Morgan fingerprint density at radius 3 is 2.57 bits per heavy atom. The third-order valence-corrected chi connectivity index (χ3v) is 5.12. The summed E-state index contributed by atoms with van der Waals surface area (Å²) >= 11 is 0. The number of halogens is 1. The van der Waals surface area contributed by atoms with Crippen molar-refractivity contribution in [2.24, 2.45) is 0 Å². The highest BCUT2D eigenvalue weighted by Gasteiger charge is 2.15. The second-order valence-electron chi connectivity index (χ2n) is 7.28. The van der Waals surface area contributed by atoms with E-state index in [4.69, 9.17) is 10.1 Å². The monoisotopic (exact) mass is 394 g/mol. The van der Waals surface area contributed by atoms with Crippen LogP contribution in [0.3, 0.4) is 0 Å². The first-order valence-electron chi connectivity index (χ1n) is 9.79. The Kier molecular flexibility index (Phi) is 4.56. The van der Waals surface area contributed by atoms with Gasteiger partial charge in [0.25, 0.3) is 0 Å². The summed E-state index contributed by atoms with van der Waals surface area (Å²) in [5, 5.41) is 5.80. The molecule has 5 aromatic rings. The van der Waals surface area contributed by atoms with Crippen molar-refractivity contribution in [2.75, 3.05) is 0 Å². The molecule has 0 aliphatic heterocycles. The maximum Gasteiger partial charge on any atom is 0.181 e. The van der Waals surface area contributed by atoms with E-state index in [0.717, 1.165) is 27.7 Å². The summed E-state index contributed by atoms with van der Waals surface area (Å²) in [6.07, 6.45) is 2.13. The quantitative estimate of drug-likeness (QED) is 0.403. The van der Waals surface area contributed by atoms with Crippen LogP contribution in [-0.4, -0.2) is 19.7 Å². The first-order valence-corrected chi connectivity index (χ1v) is 9.79. The number of hydrogen-bond acceptors (Lipinski definition) is 3. The van der Waals surface area contributed by atoms with Gasteiger partial charge >= 0.3 is 0 Å². The van der Waals surface area contributed by atoms with Crippen LogP contribution in [0.1, 0.15) is 17.0 Å². The molecular weight excluding hydrogens is 375 g/mol. The van der Waals surface area contributed by atoms with Gasteiger partial charge in [-0.25, -0.2) is 14.1 Å². The molecule has 0 amide bonds. The van der Waals surface area contributed by atoms with Crippen molar-refractivity contribution in [2.45, 2.75) is 13.3 Å². The highest BCUT2D eigenvalue weighted by atomic mass is 19.1. The Morgan fingerprint density at radius 2 is 1.73 bits per heavy atom. The van der Waals surface area contributed by atoms with E-state index in [-0.39, 0.29) is 5.82 Å². The lowest BCUT2D eigenvalue weighted by molar-refractivity contribution is 0.610. The minimum atomic E-state index is -0.241. The zero-order valence-corrected chi connectivity index (χ0v) is 16.5. The first-order chi connectivity index (χ1) is 14.7. The molecule has 0 bridgehead atoms. The number of aryl methyl sites for hydroxylation is 1. The number of benzene rings is 3. The topological polar surface area (TPSA) is 43.6 Å². The van der Waals surface area contributed by atoms with Crippen molar-refractivity contribution in [3.8, 4) is 17.1 Å². The normalized spacial score (nSPS) is 11.1. The molecule has 30 heavy (non-hydrogen) atoms. The van der Waals surface area contributed by atoms with Crippen LogP contribution >= 0.6 is 0 Å². The van der Waals surface area contributed by atoms with E-state index >= 15 is 0 Å². The van der Waals surface area contributed by atoms with Crippen molar-refractivity contribution in [3.05, 3.63) is 108 Å². The van der Waals surface area contributed by atoms with E-state index < -0.39 is 0 Å². The first kappa shape index (κ1) is 18.2. The standard InChI is InChI=1S/C25H19FN4/c1-17-8-11-21(12-9-17)30-24(16-18-5-2-3-7-22(18)26)28-25(29-30)20-10-13-23-19(15-20)6-4-14-27-23/h2-15H,16H2,1H3. The molecule has 0 radical (unpaired) electrons. The lowest BCUT2D eigenvalue weighted by Crippen LogP contribution is -2.05. The second-order valence-corrected chi connectivity index (χ2v) is 7.28. The van der Waals surface area contributed by atoms with Gasteiger partial charge in [0.15, 0.2) is 5.82 Å². The van der Waals surface area contributed by atoms with Gasteiger partial charge in [0.1, 0.15) is 11.6 Å². The molecule has 146 valence electrons. The molecule has 0 fully saturated rings. The number of pyridine rings is 1. The molecule has 0 aliphatic rings. The van der Waals surface area contributed by atoms with Crippen LogP contribution in [0.15, 0.2) is 85.1 Å². The fraction of sp³-hybridized carbons (Fsp3) is 0.0800. The summed E-state index contributed by atoms with van der Waals surface area (Å²) in [5.74, 6) is 1.05. The molecule has 0 spiro atoms. The van der Waals surface area contributed by atoms with E-state index in [0.29, 0.717) is 23.6 Å². The van der Waals surface area contributed by atoms with Gasteiger partial charge in [0.05, 0.1) is 11.2 Å². The van der Waals surface area contributed by atoms with Gasteiger partial charge in [-0.3, -0.25) is 4.98 Å². The van der Waals surface area contributed by atoms with Crippen LogP contribution in [0.5, 0.6) is 0 Å². The van der Waals surface area contributed by atoms with Crippen LogP contribution in [0.2, 0.25) is 0 Å². The molecule has 5 heteroatoms. The van der Waals surface area contributed by atoms with Crippen molar-refractivity contribution in [3.63, 3.8) is 0 Å². The van der Waals surface area contributed by atoms with Gasteiger partial charge in [-0.05, 0) is 55.0 Å². The average Bonchev–Trinajstić information content (AvgIpc) is 3.19. The molecule has 0 saturated carbocycles. The highest BCUT2D eigenvalue weighted by Crippen LogP contribution is 2.24. The van der Waals surface area contributed by atoms with Gasteiger partial charge in [0, 0.05) is 23.6 Å². The predicted molar refractivity (Wildman–Crippen MR) is 116 cm³/mol. The third kappa shape index (κ3) is 3.46. The van der Waals surface area contributed by atoms with E-state index in [1.165, 1.54) is 6.07 Å². The number of fused-ring (bicyclic) bond motifs is 1. The van der Waals surface area contributed by atoms with Crippen molar-refractivity contribution in [1.29, 1.82) is 0 Å². The molecular formula is C25H19FN4. The van der Waals surface area contributed by atoms with Gasteiger partial charge in [-0.1, -0.05) is 42.0 Å². The van der Waals surface area contributed by atoms with E-state index in [1.54, 1.807) is 23.0 Å². The summed E-state index contributed by atoms with van der Waals surface area (Å²) in [6.45, 7) is 2.04. The van der Waals surface area contributed by atoms with E-state index in [9.17, 15) is 4.39 Å². The Hall–Kier alpha value is -3.86. The molecule has 0 saturated heterocycles. The summed E-state index contributed by atoms with van der Waals surface area (Å²) < 4.78 is 16.1. The van der Waals surface area contributed by atoms with Crippen LogP contribution in [-0.2, 0) is 6.42 Å². The number of hydrogen-bond donors (Lipinski definition) is 0. The molecule has 0 N–H and O–H groups in total. The fourth-order valence-electron chi connectivity index (χ4n) is 3.50. The van der Waals surface area contributed by atoms with Crippen molar-refractivity contribution in [1.82, 2.24) is 19.7 Å². The van der Waals surface area contributed by atoms with Crippen molar-refractivity contribution < 1.29 is 4.39 Å². The molecule has 0 atom stereocenters. The van der Waals surface area contributed by atoms with Gasteiger partial charge in [-0.15, -0.1) is 5.10 Å². The number of aromatic nitrogens is 4. The minimum absolute atomic E-state index is 0.241. The average molecular weight is 394 g/mol. The lowest BCUT2D eigenvalue weighted by atomic mass is 10.1. The molecule has 0 aliphatic carbocycles. The lowest BCUT2D eigenvalue weighted by Gasteiger charge is -2.07. The van der Waals surface area contributed by atoms with Crippen molar-refractivity contribution >= 4 is 10.9 Å². The minimum Gasteiger partial charge on any atom is -0.256 e. The summed E-state index contributed by atoms with van der Waals surface area (Å²) in [6, 6.07) is 24.7. The van der Waals surface area contributed by atoms with Crippen LogP contribution in [0.4, 0.5) is 4.39 Å². The van der Waals surface area contributed by atoms with Gasteiger partial charge < -0.3 is 0 Å². The molecule has 2 heterocycles. The Balaban J connectivity index is 1.63. The molecule has 5 rings (SSSR count). The van der Waals surface area contributed by atoms with Crippen LogP contribution in [0.25, 0.3) is 28.0 Å². The summed E-state index contributed by atoms with van der Waals surface area (Å²) in [4.78, 5) is 9.16. The van der Waals surface area contributed by atoms with Gasteiger partial charge in [-0.2, -0.15) is 0 Å². The summed E-state index contributed by atoms with van der Waals surface area (Å²) in [5.41, 5.74) is 4.47. The smallest absolute Gasteiger partial charge is 0.181 e. The van der Waals surface area contributed by atoms with Crippen LogP contribution in [0, 0.1) is 12.7 Å². The largest absolute Gasteiger partial charge is 0.256 e. The van der Waals surface area contributed by atoms with E-state index in [1.807, 2.05) is 67.6 Å². The molecule has 4 nitrogen and oxygen atoms in total. The van der Waals surface area contributed by atoms with Crippen LogP contribution < -0.4 is 0 Å². The molecule has 2 aromatic heterocycles. The second kappa shape index (κ2) is 7.52. The Morgan fingerprint density at radius 1 is 0.900 bits per heavy atom. The maximum atomic E-state index is 14.3. The zero-order valence-electron chi connectivity index (χ0n) is 16.5. The Labute approximate surface area is 173 Å². The maximum absolute atomic E-state index is 14.3. The third-order valence-electron chi connectivity index (χ3n) is 5.12. The summed E-state index contributed by atoms with van der Waals surface area (Å²) in [7, 11) is 0. The Bertz CT molecular complexity index is 1340. The fourth-order valence-corrected chi connectivity index (χ4v) is 3.50. The number of nitrogens with zero attached hydrogens (tertiary/aromatic N) is 4.